The second-order valence-electron chi connectivity index (χ2n) is 9.89. The number of carboxylic acid groups (broad SMARTS) is 2. The number of carboxylic acids is 2. The number of hydrogen-bond acceptors (Lipinski definition) is 10. The van der Waals surface area contributed by atoms with Crippen molar-refractivity contribution in [2.24, 2.45) is 5.92 Å². The van der Waals surface area contributed by atoms with Gasteiger partial charge in [-0.25, -0.2) is 19.2 Å². The Morgan fingerprint density at radius 1 is 1.02 bits per heavy atom. The number of nitrogens with two attached hydrogens (primary N) is 1. The highest BCUT2D eigenvalue weighted by Gasteiger charge is 2.39. The van der Waals surface area contributed by atoms with Gasteiger partial charge in [0.05, 0.1) is 6.04 Å². The first kappa shape index (κ1) is 37.2. The Morgan fingerprint density at radius 2 is 1.61 bits per heavy atom. The number of nitrogens with zero attached hydrogens (tertiary/aromatic N) is 3. The molecular formula is C26H29F6N7O7. The smallest absolute Gasteiger partial charge is 0.475 e. The van der Waals surface area contributed by atoms with Crippen LogP contribution < -0.4 is 21.7 Å². The van der Waals surface area contributed by atoms with E-state index >= 15 is 0 Å². The number of aromatic nitrogens is 3. The van der Waals surface area contributed by atoms with Gasteiger partial charge in [0.15, 0.2) is 0 Å². The van der Waals surface area contributed by atoms with Crippen LogP contribution in [0.3, 0.4) is 0 Å². The van der Waals surface area contributed by atoms with Gasteiger partial charge in [0.25, 0.3) is 0 Å². The lowest BCUT2D eigenvalue weighted by molar-refractivity contribution is -0.193. The van der Waals surface area contributed by atoms with Gasteiger partial charge in [-0.2, -0.15) is 26.3 Å². The molecule has 3 heterocycles. The molecule has 1 saturated heterocycles. The van der Waals surface area contributed by atoms with Crippen molar-refractivity contribution in [3.63, 3.8) is 0 Å². The summed E-state index contributed by atoms with van der Waals surface area (Å²) in [7, 11) is 0. The summed E-state index contributed by atoms with van der Waals surface area (Å²) >= 11 is 0. The van der Waals surface area contributed by atoms with Crippen molar-refractivity contribution in [1.82, 2.24) is 31.2 Å². The molecule has 0 unspecified atom stereocenters. The molecule has 0 bridgehead atoms. The van der Waals surface area contributed by atoms with E-state index in [1.165, 1.54) is 0 Å². The molecule has 252 valence electrons. The summed E-state index contributed by atoms with van der Waals surface area (Å²) in [6, 6.07) is 8.41. The first-order valence-corrected chi connectivity index (χ1v) is 13.1. The van der Waals surface area contributed by atoms with E-state index < -0.39 is 30.3 Å². The van der Waals surface area contributed by atoms with Crippen LogP contribution >= 0.6 is 0 Å². The van der Waals surface area contributed by atoms with Crippen LogP contribution in [0, 0.1) is 12.8 Å². The van der Waals surface area contributed by atoms with Gasteiger partial charge in [0.2, 0.25) is 11.8 Å². The molecule has 3 atom stereocenters. The lowest BCUT2D eigenvalue weighted by atomic mass is 9.96. The van der Waals surface area contributed by atoms with Crippen molar-refractivity contribution in [3.8, 4) is 0 Å². The van der Waals surface area contributed by atoms with E-state index in [1.807, 2.05) is 31.2 Å². The van der Waals surface area contributed by atoms with Gasteiger partial charge in [-0.1, -0.05) is 12.1 Å². The Kier molecular flexibility index (Phi) is 12.8. The monoisotopic (exact) mass is 665 g/mol. The molecule has 20 heteroatoms. The number of halogens is 6. The number of benzene rings is 1. The number of hydrogen-bond donors (Lipinski definition) is 6. The van der Waals surface area contributed by atoms with Crippen LogP contribution in [-0.4, -0.2) is 80.2 Å². The summed E-state index contributed by atoms with van der Waals surface area (Å²) in [5, 5.41) is 30.8. The molecule has 0 radical (unpaired) electrons. The number of nitrogens with one attached hydrogen (secondary N) is 3. The lowest BCUT2D eigenvalue weighted by Gasteiger charge is -2.17. The van der Waals surface area contributed by atoms with Crippen LogP contribution in [0.1, 0.15) is 30.2 Å². The molecule has 1 aromatic carbocycles. The molecule has 0 spiro atoms. The number of pyridine rings is 1. The van der Waals surface area contributed by atoms with Crippen molar-refractivity contribution in [1.29, 1.82) is 0 Å². The molecule has 7 N–H and O–H groups in total. The van der Waals surface area contributed by atoms with Crippen LogP contribution in [0.15, 0.2) is 35.0 Å². The Labute approximate surface area is 255 Å². The van der Waals surface area contributed by atoms with E-state index in [9.17, 15) is 35.9 Å². The SMILES string of the molecule is Cc1nc(N)ccc1CNC(=O)[C@H](C)NC(=O)[C@H]1C[C@H](Cc2ccc3nonc3c2)CN1.O=C(O)C(F)(F)F.O=C(O)C(F)(F)F. The topological polar surface area (TPSA) is 223 Å². The number of nitrogen functional groups attached to an aromatic ring is 1. The predicted octanol–water partition coefficient (Wildman–Crippen LogP) is 2.12. The molecule has 2 amide bonds. The average molecular weight is 666 g/mol. The second kappa shape index (κ2) is 15.8. The number of alkyl halides is 6. The summed E-state index contributed by atoms with van der Waals surface area (Å²) in [6.07, 6.45) is -8.64. The van der Waals surface area contributed by atoms with Gasteiger partial charge < -0.3 is 31.9 Å². The van der Waals surface area contributed by atoms with Crippen molar-refractivity contribution < 1.29 is 60.4 Å². The lowest BCUT2D eigenvalue weighted by Crippen LogP contribution is -2.50. The number of anilines is 1. The Balaban J connectivity index is 0.000000440. The van der Waals surface area contributed by atoms with Gasteiger partial charge in [0, 0.05) is 12.2 Å². The first-order chi connectivity index (χ1) is 21.3. The maximum Gasteiger partial charge on any atom is 0.490 e. The maximum absolute atomic E-state index is 12.7. The van der Waals surface area contributed by atoms with E-state index in [-0.39, 0.29) is 17.9 Å². The minimum Gasteiger partial charge on any atom is -0.475 e. The van der Waals surface area contributed by atoms with Crippen molar-refractivity contribution in [2.45, 2.75) is 57.7 Å². The standard InChI is InChI=1S/C22H27N7O3.2C2HF3O2/c1-12-16(4-6-20(23)26-12)11-25-21(30)13(2)27-22(31)19-9-15(10-24-19)7-14-3-5-17-18(8-14)29-32-28-17;2*3-2(4,5)1(6)7/h3-6,8,13,15,19,24H,7,9-11H2,1-2H3,(H2,23,26)(H,25,30)(H,27,31);2*(H,6,7)/t13-,15-,19+;;/m0../s1. The third-order valence-electron chi connectivity index (χ3n) is 6.29. The molecule has 2 aromatic heterocycles. The first-order valence-electron chi connectivity index (χ1n) is 13.1. The number of aliphatic carboxylic acids is 2. The van der Waals surface area contributed by atoms with Crippen molar-refractivity contribution in [2.75, 3.05) is 12.3 Å². The molecule has 14 nitrogen and oxygen atoms in total. The maximum atomic E-state index is 12.7. The molecular weight excluding hydrogens is 636 g/mol. The summed E-state index contributed by atoms with van der Waals surface area (Å²) in [4.78, 5) is 47.1. The molecule has 0 aliphatic carbocycles. The number of rotatable bonds is 7. The third kappa shape index (κ3) is 11.8. The molecule has 46 heavy (non-hydrogen) atoms. The van der Waals surface area contributed by atoms with Crippen LogP contribution in [0.2, 0.25) is 0 Å². The van der Waals surface area contributed by atoms with Gasteiger partial charge in [0.1, 0.15) is 22.9 Å². The Bertz CT molecular complexity index is 1510. The van der Waals surface area contributed by atoms with Crippen LogP contribution in [0.25, 0.3) is 11.0 Å². The zero-order valence-electron chi connectivity index (χ0n) is 24.1. The van der Waals surface area contributed by atoms with Crippen LogP contribution in [0.5, 0.6) is 0 Å². The number of carbonyl (C=O) groups is 4. The van der Waals surface area contributed by atoms with E-state index in [4.69, 9.17) is 30.2 Å². The molecule has 0 saturated carbocycles. The van der Waals surface area contributed by atoms with E-state index in [0.717, 1.165) is 40.8 Å². The normalized spacial score (nSPS) is 16.7. The van der Waals surface area contributed by atoms with Crippen LogP contribution in [0.4, 0.5) is 32.2 Å². The zero-order chi connectivity index (χ0) is 34.8. The molecule has 4 rings (SSSR count). The van der Waals surface area contributed by atoms with E-state index in [2.05, 4.69) is 31.2 Å². The molecule has 1 fully saturated rings. The van der Waals surface area contributed by atoms with Crippen molar-refractivity contribution in [3.05, 3.63) is 47.2 Å². The van der Waals surface area contributed by atoms with Gasteiger partial charge in [-0.3, -0.25) is 9.59 Å². The van der Waals surface area contributed by atoms with Gasteiger partial charge in [-0.05, 0) is 78.8 Å². The fourth-order valence-electron chi connectivity index (χ4n) is 3.96. The predicted molar refractivity (Wildman–Crippen MR) is 146 cm³/mol. The van der Waals surface area contributed by atoms with Gasteiger partial charge in [-0.15, -0.1) is 0 Å². The highest BCUT2D eigenvalue weighted by molar-refractivity contribution is 5.89. The van der Waals surface area contributed by atoms with E-state index in [1.54, 1.807) is 13.0 Å². The number of carbonyl (C=O) groups excluding carboxylic acids is 2. The second-order valence-corrected chi connectivity index (χ2v) is 9.89. The summed E-state index contributed by atoms with van der Waals surface area (Å²) in [6.45, 7) is 4.57. The third-order valence-corrected chi connectivity index (χ3v) is 6.29. The minimum atomic E-state index is -5.08. The largest absolute Gasteiger partial charge is 0.490 e. The fourth-order valence-corrected chi connectivity index (χ4v) is 3.96. The molecule has 1 aliphatic heterocycles. The zero-order valence-corrected chi connectivity index (χ0v) is 24.1. The summed E-state index contributed by atoms with van der Waals surface area (Å²) in [5.74, 6) is -5.18. The Morgan fingerprint density at radius 3 is 2.17 bits per heavy atom. The number of amides is 2. The quantitative estimate of drug-likeness (QED) is 0.200. The summed E-state index contributed by atoms with van der Waals surface area (Å²) in [5.41, 5.74) is 9.88. The van der Waals surface area contributed by atoms with Crippen LogP contribution in [-0.2, 0) is 32.1 Å². The number of fused-ring (bicyclic) bond motifs is 1. The van der Waals surface area contributed by atoms with E-state index in [0.29, 0.717) is 24.7 Å². The van der Waals surface area contributed by atoms with Gasteiger partial charge >= 0.3 is 24.3 Å². The highest BCUT2D eigenvalue weighted by atomic mass is 19.4. The Hall–Kier alpha value is -5.01. The molecule has 1 aliphatic rings. The molecule has 3 aromatic rings. The fraction of sp³-hybridized carbons (Fsp3) is 0.423. The van der Waals surface area contributed by atoms with Crippen molar-refractivity contribution >= 4 is 40.6 Å². The highest BCUT2D eigenvalue weighted by Crippen LogP contribution is 2.21. The minimum absolute atomic E-state index is 0.170. The number of aryl methyl sites for hydroxylation is 1. The summed E-state index contributed by atoms with van der Waals surface area (Å²) < 4.78 is 68.2. The average Bonchev–Trinajstić information content (AvgIpc) is 3.61.